The number of ether oxygens (including phenoxy) is 2. The van der Waals surface area contributed by atoms with E-state index >= 15 is 0 Å². The molecule has 6 nitrogen and oxygen atoms in total. The highest BCUT2D eigenvalue weighted by atomic mass is 19.2. The van der Waals surface area contributed by atoms with Crippen molar-refractivity contribution in [2.24, 2.45) is 10.9 Å². The number of aliphatic imine (C=N–C) groups is 1. The van der Waals surface area contributed by atoms with E-state index < -0.39 is 58.5 Å². The summed E-state index contributed by atoms with van der Waals surface area (Å²) >= 11 is 0. The topological polar surface area (TPSA) is 82.0 Å². The molecule has 1 aromatic carbocycles. The average molecular weight is 391 g/mol. The third-order valence-corrected chi connectivity index (χ3v) is 3.21. The van der Waals surface area contributed by atoms with Crippen LogP contribution in [0.15, 0.2) is 11.1 Å². The lowest BCUT2D eigenvalue weighted by molar-refractivity contribution is -0.144. The largest absolute Gasteiger partial charge is 0.465 e. The van der Waals surface area contributed by atoms with Gasteiger partial charge in [-0.15, -0.1) is 0 Å². The molecule has 0 aliphatic rings. The Morgan fingerprint density at radius 3 is 2.30 bits per heavy atom. The molecular weight excluding hydrogens is 374 g/mol. The number of Topliss-reactive ketones (excluding diaryl/α,β-unsaturated/α-hetero) is 1. The summed E-state index contributed by atoms with van der Waals surface area (Å²) in [6.07, 6.45) is 0.799. The van der Waals surface area contributed by atoms with Gasteiger partial charge in [0, 0.05) is 13.1 Å². The van der Waals surface area contributed by atoms with Crippen LogP contribution in [0.25, 0.3) is 0 Å². The number of carbonyl (C=O) groups excluding carboxylic acids is 3. The molecule has 0 bridgehead atoms. The van der Waals surface area contributed by atoms with Crippen molar-refractivity contribution >= 4 is 23.9 Å². The number of halogens is 4. The molecule has 0 aliphatic heterocycles. The van der Waals surface area contributed by atoms with Gasteiger partial charge in [-0.25, -0.2) is 17.6 Å². The maximum absolute atomic E-state index is 13.9. The van der Waals surface area contributed by atoms with Gasteiger partial charge in [-0.3, -0.25) is 19.4 Å². The zero-order valence-corrected chi connectivity index (χ0v) is 14.7. The Bertz CT molecular complexity index is 766. The maximum atomic E-state index is 13.9. The molecule has 0 radical (unpaired) electrons. The molecular formula is C17H17F4NO5. The minimum Gasteiger partial charge on any atom is -0.465 e. The molecule has 0 spiro atoms. The summed E-state index contributed by atoms with van der Waals surface area (Å²) in [6.45, 7) is 3.81. The monoisotopic (exact) mass is 391 g/mol. The molecule has 0 heterocycles. The number of benzene rings is 1. The molecule has 0 aliphatic carbocycles. The Hall–Kier alpha value is -2.78. The molecule has 0 saturated heterocycles. The first-order valence-electron chi connectivity index (χ1n) is 7.80. The number of hydrogen-bond acceptors (Lipinski definition) is 6. The smallest absolute Gasteiger partial charge is 0.322 e. The summed E-state index contributed by atoms with van der Waals surface area (Å²) in [6, 6.07) is -0.525. The fourth-order valence-corrected chi connectivity index (χ4v) is 1.90. The maximum Gasteiger partial charge on any atom is 0.322 e. The van der Waals surface area contributed by atoms with Crippen LogP contribution in [0.4, 0.5) is 17.6 Å². The lowest BCUT2D eigenvalue weighted by Gasteiger charge is -2.13. The number of carbonyl (C=O) groups is 3. The molecule has 1 rings (SSSR count). The number of rotatable bonds is 8. The van der Waals surface area contributed by atoms with E-state index in [0.717, 1.165) is 6.21 Å². The van der Waals surface area contributed by atoms with Gasteiger partial charge in [0.2, 0.25) is 0 Å². The Morgan fingerprint density at radius 1 is 1.11 bits per heavy atom. The Morgan fingerprint density at radius 2 is 1.74 bits per heavy atom. The lowest BCUT2D eigenvalue weighted by Crippen LogP contribution is -2.29. The van der Waals surface area contributed by atoms with Crippen molar-refractivity contribution in [1.82, 2.24) is 0 Å². The summed E-state index contributed by atoms with van der Waals surface area (Å²) in [5.74, 6) is -12.9. The quantitative estimate of drug-likeness (QED) is 0.129. The van der Waals surface area contributed by atoms with Gasteiger partial charge >= 0.3 is 11.9 Å². The summed E-state index contributed by atoms with van der Waals surface area (Å²) in [4.78, 5) is 39.0. The predicted molar refractivity (Wildman–Crippen MR) is 85.3 cm³/mol. The molecule has 2 atom stereocenters. The zero-order valence-electron chi connectivity index (χ0n) is 14.7. The van der Waals surface area contributed by atoms with Crippen LogP contribution < -0.4 is 0 Å². The SMILES string of the molecule is CCOC(=O)C(C=N[C@@H](C)COC(C)=O)C(=O)c1cc(F)c(F)c(F)c1F. The first kappa shape index (κ1) is 22.3. The fraction of sp³-hybridized carbons (Fsp3) is 0.412. The summed E-state index contributed by atoms with van der Waals surface area (Å²) in [5.41, 5.74) is -1.16. The Kier molecular flexibility index (Phi) is 8.07. The van der Waals surface area contributed by atoms with E-state index in [-0.39, 0.29) is 19.3 Å². The Labute approximate surface area is 152 Å². The highest BCUT2D eigenvalue weighted by molar-refractivity contribution is 6.18. The van der Waals surface area contributed by atoms with Gasteiger partial charge in [0.15, 0.2) is 35.0 Å². The van der Waals surface area contributed by atoms with Crippen molar-refractivity contribution in [2.75, 3.05) is 13.2 Å². The predicted octanol–water partition coefficient (Wildman–Crippen LogP) is 2.63. The van der Waals surface area contributed by atoms with E-state index in [2.05, 4.69) is 9.73 Å². The molecule has 148 valence electrons. The number of esters is 2. The van der Waals surface area contributed by atoms with Gasteiger partial charge in [-0.1, -0.05) is 0 Å². The van der Waals surface area contributed by atoms with Crippen molar-refractivity contribution in [3.05, 3.63) is 34.9 Å². The molecule has 10 heteroatoms. The lowest BCUT2D eigenvalue weighted by atomic mass is 9.97. The van der Waals surface area contributed by atoms with E-state index in [0.29, 0.717) is 0 Å². The normalized spacial score (nSPS) is 13.3. The molecule has 0 fully saturated rings. The van der Waals surface area contributed by atoms with Gasteiger partial charge in [-0.2, -0.15) is 0 Å². The van der Waals surface area contributed by atoms with Crippen LogP contribution in [0.5, 0.6) is 0 Å². The summed E-state index contributed by atoms with van der Waals surface area (Å²) in [5, 5.41) is 0. The fourth-order valence-electron chi connectivity index (χ4n) is 1.90. The molecule has 0 aromatic heterocycles. The molecule has 1 aromatic rings. The van der Waals surface area contributed by atoms with E-state index in [9.17, 15) is 31.9 Å². The third kappa shape index (κ3) is 5.87. The second-order valence-electron chi connectivity index (χ2n) is 5.39. The molecule has 0 amide bonds. The number of hydrogen-bond donors (Lipinski definition) is 0. The second-order valence-corrected chi connectivity index (χ2v) is 5.39. The van der Waals surface area contributed by atoms with Crippen LogP contribution in [0.3, 0.4) is 0 Å². The van der Waals surface area contributed by atoms with Gasteiger partial charge in [0.25, 0.3) is 0 Å². The molecule has 27 heavy (non-hydrogen) atoms. The van der Waals surface area contributed by atoms with E-state index in [4.69, 9.17) is 4.74 Å². The minimum atomic E-state index is -2.18. The van der Waals surface area contributed by atoms with Crippen LogP contribution in [0.1, 0.15) is 31.1 Å². The molecule has 0 saturated carbocycles. The van der Waals surface area contributed by atoms with Crippen molar-refractivity contribution < 1.29 is 41.4 Å². The summed E-state index contributed by atoms with van der Waals surface area (Å²) in [7, 11) is 0. The van der Waals surface area contributed by atoms with Crippen molar-refractivity contribution in [3.8, 4) is 0 Å². The van der Waals surface area contributed by atoms with Gasteiger partial charge in [0.1, 0.15) is 6.61 Å². The van der Waals surface area contributed by atoms with Crippen molar-refractivity contribution in [1.29, 1.82) is 0 Å². The van der Waals surface area contributed by atoms with Gasteiger partial charge in [-0.05, 0) is 19.9 Å². The summed E-state index contributed by atoms with van der Waals surface area (Å²) < 4.78 is 63.0. The van der Waals surface area contributed by atoms with E-state index in [1.54, 1.807) is 0 Å². The van der Waals surface area contributed by atoms with Crippen molar-refractivity contribution in [2.45, 2.75) is 26.8 Å². The second kappa shape index (κ2) is 9.79. The van der Waals surface area contributed by atoms with Gasteiger partial charge in [0.05, 0.1) is 18.2 Å². The van der Waals surface area contributed by atoms with E-state index in [1.165, 1.54) is 20.8 Å². The Balaban J connectivity index is 3.19. The van der Waals surface area contributed by atoms with Gasteiger partial charge < -0.3 is 9.47 Å². The molecule has 0 N–H and O–H groups in total. The molecule has 1 unspecified atom stereocenters. The van der Waals surface area contributed by atoms with Crippen LogP contribution >= 0.6 is 0 Å². The van der Waals surface area contributed by atoms with Crippen molar-refractivity contribution in [3.63, 3.8) is 0 Å². The van der Waals surface area contributed by atoms with Crippen LogP contribution in [0, 0.1) is 29.2 Å². The third-order valence-electron chi connectivity index (χ3n) is 3.21. The highest BCUT2D eigenvalue weighted by Gasteiger charge is 2.32. The van der Waals surface area contributed by atoms with E-state index in [1.807, 2.05) is 0 Å². The number of nitrogens with zero attached hydrogens (tertiary/aromatic N) is 1. The zero-order chi connectivity index (χ0) is 20.7. The minimum absolute atomic E-state index is 0.131. The van der Waals surface area contributed by atoms with Crippen LogP contribution in [-0.4, -0.2) is 43.2 Å². The standard InChI is InChI=1S/C17H17F4NO5/c1-4-26-17(25)11(6-22-8(2)7-27-9(3)23)16(24)10-5-12(18)14(20)15(21)13(10)19/h5-6,8,11H,4,7H2,1-3H3/t8-,11?/m0/s1. The average Bonchev–Trinajstić information content (AvgIpc) is 2.61. The first-order valence-corrected chi connectivity index (χ1v) is 7.80. The first-order chi connectivity index (χ1) is 12.6. The van der Waals surface area contributed by atoms with Crippen LogP contribution in [-0.2, 0) is 19.1 Å². The van der Waals surface area contributed by atoms with Crippen LogP contribution in [0.2, 0.25) is 0 Å². The highest BCUT2D eigenvalue weighted by Crippen LogP contribution is 2.21. The number of ketones is 1.